The number of carbonyl (C=O) groups is 2. The van der Waals surface area contributed by atoms with Crippen molar-refractivity contribution in [1.29, 1.82) is 0 Å². The van der Waals surface area contributed by atoms with Crippen LogP contribution < -0.4 is 10.6 Å². The molecule has 0 saturated heterocycles. The molecule has 0 aliphatic heterocycles. The van der Waals surface area contributed by atoms with Gasteiger partial charge in [0, 0.05) is 11.1 Å². The molecule has 0 atom stereocenters. The Morgan fingerprint density at radius 1 is 0.714 bits per heavy atom. The van der Waals surface area contributed by atoms with Gasteiger partial charge in [-0.2, -0.15) is 0 Å². The van der Waals surface area contributed by atoms with Gasteiger partial charge in [0.25, 0.3) is 5.91 Å². The maximum absolute atomic E-state index is 13.7. The number of hydrogen-bond donors (Lipinski definition) is 2. The summed E-state index contributed by atoms with van der Waals surface area (Å²) in [5.74, 6) is -1.18. The van der Waals surface area contributed by atoms with Gasteiger partial charge in [-0.3, -0.25) is 9.59 Å². The van der Waals surface area contributed by atoms with Crippen LogP contribution in [0.3, 0.4) is 0 Å². The molecule has 0 unspecified atom stereocenters. The van der Waals surface area contributed by atoms with E-state index in [1.54, 1.807) is 6.07 Å². The van der Waals surface area contributed by atoms with Crippen LogP contribution in [0.1, 0.15) is 33.2 Å². The van der Waals surface area contributed by atoms with Crippen molar-refractivity contribution in [2.45, 2.75) is 12.8 Å². The van der Waals surface area contributed by atoms with E-state index in [-0.39, 0.29) is 11.7 Å². The number of hydrogen-bond acceptors (Lipinski definition) is 3. The zero-order valence-corrected chi connectivity index (χ0v) is 19.2. The lowest BCUT2D eigenvalue weighted by Gasteiger charge is -2.18. The molecule has 1 aromatic heterocycles. The van der Waals surface area contributed by atoms with Gasteiger partial charge < -0.3 is 15.1 Å². The van der Waals surface area contributed by atoms with Crippen molar-refractivity contribution in [2.24, 2.45) is 0 Å². The summed E-state index contributed by atoms with van der Waals surface area (Å²) in [6, 6.07) is 34.0. The lowest BCUT2D eigenvalue weighted by Crippen LogP contribution is -2.23. The van der Waals surface area contributed by atoms with Crippen LogP contribution in [-0.4, -0.2) is 11.8 Å². The van der Waals surface area contributed by atoms with Crippen molar-refractivity contribution < 1.29 is 14.0 Å². The fourth-order valence-corrected chi connectivity index (χ4v) is 4.22. The largest absolute Gasteiger partial charge is 0.449 e. The van der Waals surface area contributed by atoms with Crippen LogP contribution in [0, 0.1) is 6.92 Å². The minimum absolute atomic E-state index is 0.0564. The molecule has 2 amide bonds. The molecule has 35 heavy (non-hydrogen) atoms. The van der Waals surface area contributed by atoms with Gasteiger partial charge in [0.1, 0.15) is 11.3 Å². The van der Waals surface area contributed by atoms with Crippen LogP contribution in [0.4, 0.5) is 11.4 Å². The maximum Gasteiger partial charge on any atom is 0.293 e. The number of aryl methyl sites for hydroxylation is 1. The molecular formula is C30H24N2O3. The number of carbonyl (C=O) groups excluding carboxylic acids is 2. The minimum atomic E-state index is -0.557. The second-order valence-electron chi connectivity index (χ2n) is 8.37. The second kappa shape index (κ2) is 9.69. The van der Waals surface area contributed by atoms with Crippen molar-refractivity contribution in [3.63, 3.8) is 0 Å². The Labute approximate surface area is 203 Å². The molecule has 172 valence electrons. The van der Waals surface area contributed by atoms with Gasteiger partial charge in [-0.05, 0) is 47.9 Å². The molecule has 0 aliphatic rings. The summed E-state index contributed by atoms with van der Waals surface area (Å²) < 4.78 is 5.93. The molecule has 0 saturated carbocycles. The van der Waals surface area contributed by atoms with E-state index in [4.69, 9.17) is 4.42 Å². The van der Waals surface area contributed by atoms with E-state index < -0.39 is 11.8 Å². The molecule has 0 aliphatic carbocycles. The fourth-order valence-electron chi connectivity index (χ4n) is 4.22. The Kier molecular flexibility index (Phi) is 6.14. The minimum Gasteiger partial charge on any atom is -0.449 e. The van der Waals surface area contributed by atoms with Crippen LogP contribution in [0.5, 0.6) is 0 Å². The predicted molar refractivity (Wildman–Crippen MR) is 139 cm³/mol. The number of furan rings is 1. The van der Waals surface area contributed by atoms with E-state index in [9.17, 15) is 9.59 Å². The van der Waals surface area contributed by atoms with Gasteiger partial charge in [0.15, 0.2) is 0 Å². The Morgan fingerprint density at radius 2 is 1.34 bits per heavy atom. The Bertz CT molecular complexity index is 1450. The molecule has 5 rings (SSSR count). The fraction of sp³-hybridized carbons (Fsp3) is 0.0667. The third-order valence-corrected chi connectivity index (χ3v) is 5.85. The second-order valence-corrected chi connectivity index (χ2v) is 8.37. The summed E-state index contributed by atoms with van der Waals surface area (Å²) in [4.78, 5) is 27.0. The molecular weight excluding hydrogens is 436 g/mol. The average molecular weight is 461 g/mol. The van der Waals surface area contributed by atoms with Crippen molar-refractivity contribution >= 4 is 34.2 Å². The van der Waals surface area contributed by atoms with Crippen LogP contribution >= 0.6 is 0 Å². The first-order valence-corrected chi connectivity index (χ1v) is 11.4. The number of nitrogens with one attached hydrogen (secondary N) is 2. The van der Waals surface area contributed by atoms with Crippen LogP contribution in [0.2, 0.25) is 0 Å². The van der Waals surface area contributed by atoms with Crippen molar-refractivity contribution in [3.8, 4) is 0 Å². The molecule has 0 fully saturated rings. The quantitative estimate of drug-likeness (QED) is 0.294. The highest BCUT2D eigenvalue weighted by Gasteiger charge is 2.27. The SMILES string of the molecule is Cc1cccc(NC(=O)c2oc3ccccc3c2NC(=O)C(c2ccccc2)c2ccccc2)c1. The van der Waals surface area contributed by atoms with Crippen LogP contribution in [0.15, 0.2) is 114 Å². The lowest BCUT2D eigenvalue weighted by atomic mass is 9.90. The normalized spacial score (nSPS) is 10.9. The predicted octanol–water partition coefficient (Wildman–Crippen LogP) is 6.76. The Morgan fingerprint density at radius 3 is 2.00 bits per heavy atom. The molecule has 4 aromatic carbocycles. The first kappa shape index (κ1) is 22.2. The zero-order valence-electron chi connectivity index (χ0n) is 19.2. The molecule has 0 spiro atoms. The van der Waals surface area contributed by atoms with Crippen molar-refractivity contribution in [2.75, 3.05) is 10.6 Å². The summed E-state index contributed by atoms with van der Waals surface area (Å²) in [5, 5.41) is 6.56. The van der Waals surface area contributed by atoms with Gasteiger partial charge in [-0.1, -0.05) is 84.9 Å². The molecule has 0 radical (unpaired) electrons. The van der Waals surface area contributed by atoms with Gasteiger partial charge in [-0.25, -0.2) is 0 Å². The number of anilines is 2. The van der Waals surface area contributed by atoms with E-state index in [0.717, 1.165) is 16.7 Å². The summed E-state index contributed by atoms with van der Waals surface area (Å²) in [6.07, 6.45) is 0. The molecule has 1 heterocycles. The molecule has 2 N–H and O–H groups in total. The smallest absolute Gasteiger partial charge is 0.293 e. The zero-order chi connectivity index (χ0) is 24.2. The van der Waals surface area contributed by atoms with Crippen molar-refractivity contribution in [1.82, 2.24) is 0 Å². The first-order valence-electron chi connectivity index (χ1n) is 11.4. The summed E-state index contributed by atoms with van der Waals surface area (Å²) in [5.41, 5.74) is 4.26. The third-order valence-electron chi connectivity index (χ3n) is 5.85. The molecule has 0 bridgehead atoms. The number of fused-ring (bicyclic) bond motifs is 1. The monoisotopic (exact) mass is 460 g/mol. The van der Waals surface area contributed by atoms with Gasteiger partial charge in [0.2, 0.25) is 11.7 Å². The molecule has 5 heteroatoms. The van der Waals surface area contributed by atoms with Gasteiger partial charge in [-0.15, -0.1) is 0 Å². The topological polar surface area (TPSA) is 71.3 Å². The van der Waals surface area contributed by atoms with E-state index in [1.807, 2.05) is 110 Å². The lowest BCUT2D eigenvalue weighted by molar-refractivity contribution is -0.116. The molecule has 5 nitrogen and oxygen atoms in total. The summed E-state index contributed by atoms with van der Waals surface area (Å²) >= 11 is 0. The highest BCUT2D eigenvalue weighted by atomic mass is 16.3. The average Bonchev–Trinajstić information content (AvgIpc) is 3.24. The Balaban J connectivity index is 1.53. The third kappa shape index (κ3) is 4.70. The van der Waals surface area contributed by atoms with Crippen LogP contribution in [0.25, 0.3) is 11.0 Å². The van der Waals surface area contributed by atoms with E-state index in [1.165, 1.54) is 0 Å². The van der Waals surface area contributed by atoms with E-state index >= 15 is 0 Å². The maximum atomic E-state index is 13.7. The highest BCUT2D eigenvalue weighted by Crippen LogP contribution is 2.34. The standard InChI is InChI=1S/C30H24N2O3/c1-20-11-10-16-23(19-20)31-30(34)28-27(24-17-8-9-18-25(24)35-28)32-29(33)26(21-12-4-2-5-13-21)22-14-6-3-7-15-22/h2-19,26H,1H3,(H,31,34)(H,32,33). The van der Waals surface area contributed by atoms with Gasteiger partial charge in [0.05, 0.1) is 5.92 Å². The number of para-hydroxylation sites is 1. The number of rotatable bonds is 6. The summed E-state index contributed by atoms with van der Waals surface area (Å²) in [6.45, 7) is 1.95. The summed E-state index contributed by atoms with van der Waals surface area (Å²) in [7, 11) is 0. The number of amides is 2. The van der Waals surface area contributed by atoms with E-state index in [0.29, 0.717) is 22.3 Å². The Hall–Kier alpha value is -4.64. The first-order chi connectivity index (χ1) is 17.1. The highest BCUT2D eigenvalue weighted by molar-refractivity contribution is 6.15. The van der Waals surface area contributed by atoms with E-state index in [2.05, 4.69) is 10.6 Å². The van der Waals surface area contributed by atoms with Crippen LogP contribution in [-0.2, 0) is 4.79 Å². The molecule has 5 aromatic rings. The van der Waals surface area contributed by atoms with Gasteiger partial charge >= 0.3 is 0 Å². The van der Waals surface area contributed by atoms with Crippen molar-refractivity contribution in [3.05, 3.63) is 132 Å². The number of benzene rings is 4.